The van der Waals surface area contributed by atoms with Crippen LogP contribution in [0.15, 0.2) is 71.6 Å². The topological polar surface area (TPSA) is 43.0 Å². The van der Waals surface area contributed by atoms with Crippen molar-refractivity contribution in [3.8, 4) is 0 Å². The fourth-order valence-electron chi connectivity index (χ4n) is 2.47. The van der Waals surface area contributed by atoms with Gasteiger partial charge in [-0.15, -0.1) is 0 Å². The second-order valence-electron chi connectivity index (χ2n) is 5.15. The zero-order valence-electron chi connectivity index (χ0n) is 12.0. The van der Waals surface area contributed by atoms with Crippen LogP contribution in [-0.4, -0.2) is 15.8 Å². The van der Waals surface area contributed by atoms with Crippen molar-refractivity contribution < 1.29 is 4.42 Å². The van der Waals surface area contributed by atoms with E-state index in [1.807, 2.05) is 47.3 Å². The Morgan fingerprint density at radius 2 is 2.00 bits per heavy atom. The number of hydrogen-bond acceptors (Lipinski definition) is 3. The number of hydrogen-bond donors (Lipinski definition) is 1. The molecule has 4 heteroatoms. The van der Waals surface area contributed by atoms with Crippen LogP contribution in [0.5, 0.6) is 0 Å². The van der Waals surface area contributed by atoms with Crippen LogP contribution in [0.2, 0.25) is 0 Å². The lowest BCUT2D eigenvalue weighted by atomic mass is 10.0. The standard InChI is InChI=1S/C17H19N3O/c1-14(13-20-11-6-10-18-20)19-17(16-9-5-12-21-16)15-7-3-2-4-8-15/h2-12,14,17,19H,13H2,1H3. The molecule has 0 bridgehead atoms. The van der Waals surface area contributed by atoms with Gasteiger partial charge in [0.05, 0.1) is 18.8 Å². The third kappa shape index (κ3) is 3.41. The van der Waals surface area contributed by atoms with Gasteiger partial charge in [0.25, 0.3) is 0 Å². The first-order valence-corrected chi connectivity index (χ1v) is 7.15. The lowest BCUT2D eigenvalue weighted by Gasteiger charge is -2.22. The largest absolute Gasteiger partial charge is 0.467 e. The van der Waals surface area contributed by atoms with Gasteiger partial charge < -0.3 is 4.42 Å². The summed E-state index contributed by atoms with van der Waals surface area (Å²) in [5.74, 6) is 0.925. The van der Waals surface area contributed by atoms with Gasteiger partial charge in [-0.1, -0.05) is 30.3 Å². The zero-order chi connectivity index (χ0) is 14.5. The molecule has 21 heavy (non-hydrogen) atoms. The quantitative estimate of drug-likeness (QED) is 0.754. The number of aromatic nitrogens is 2. The van der Waals surface area contributed by atoms with Crippen molar-refractivity contribution in [3.63, 3.8) is 0 Å². The molecule has 2 unspecified atom stereocenters. The van der Waals surface area contributed by atoms with Crippen molar-refractivity contribution in [2.75, 3.05) is 0 Å². The van der Waals surface area contributed by atoms with Crippen LogP contribution >= 0.6 is 0 Å². The molecular weight excluding hydrogens is 262 g/mol. The molecule has 1 N–H and O–H groups in total. The maximum atomic E-state index is 5.60. The summed E-state index contributed by atoms with van der Waals surface area (Å²) in [7, 11) is 0. The third-order valence-electron chi connectivity index (χ3n) is 3.43. The van der Waals surface area contributed by atoms with E-state index in [0.29, 0.717) is 0 Å². The normalized spacial score (nSPS) is 14.0. The average molecular weight is 281 g/mol. The summed E-state index contributed by atoms with van der Waals surface area (Å²) in [5.41, 5.74) is 1.19. The summed E-state index contributed by atoms with van der Waals surface area (Å²) in [6.45, 7) is 2.97. The molecule has 0 aliphatic rings. The first-order chi connectivity index (χ1) is 10.3. The molecule has 0 radical (unpaired) electrons. The minimum absolute atomic E-state index is 0.0479. The minimum atomic E-state index is 0.0479. The molecule has 2 heterocycles. The van der Waals surface area contributed by atoms with Crippen molar-refractivity contribution in [2.24, 2.45) is 0 Å². The zero-order valence-corrected chi connectivity index (χ0v) is 12.0. The van der Waals surface area contributed by atoms with E-state index in [-0.39, 0.29) is 12.1 Å². The van der Waals surface area contributed by atoms with Crippen LogP contribution < -0.4 is 5.32 Å². The van der Waals surface area contributed by atoms with Gasteiger partial charge in [-0.25, -0.2) is 0 Å². The Kier molecular flexibility index (Phi) is 4.17. The molecule has 0 spiro atoms. The van der Waals surface area contributed by atoms with Crippen LogP contribution in [0.3, 0.4) is 0 Å². The average Bonchev–Trinajstić information content (AvgIpc) is 3.19. The molecule has 0 fully saturated rings. The maximum Gasteiger partial charge on any atom is 0.125 e. The Hall–Kier alpha value is -2.33. The highest BCUT2D eigenvalue weighted by Crippen LogP contribution is 2.23. The van der Waals surface area contributed by atoms with Gasteiger partial charge in [0.15, 0.2) is 0 Å². The Morgan fingerprint density at radius 1 is 1.14 bits per heavy atom. The Balaban J connectivity index is 1.77. The predicted molar refractivity (Wildman–Crippen MR) is 81.8 cm³/mol. The first kappa shape index (κ1) is 13.6. The summed E-state index contributed by atoms with van der Waals surface area (Å²) in [6, 6.07) is 16.5. The number of benzene rings is 1. The highest BCUT2D eigenvalue weighted by molar-refractivity contribution is 5.26. The predicted octanol–water partition coefficient (Wildman–Crippen LogP) is 3.24. The molecule has 4 nitrogen and oxygen atoms in total. The van der Waals surface area contributed by atoms with E-state index in [9.17, 15) is 0 Å². The molecule has 0 aliphatic heterocycles. The lowest BCUT2D eigenvalue weighted by Crippen LogP contribution is -2.34. The Bertz CT molecular complexity index is 632. The summed E-state index contributed by atoms with van der Waals surface area (Å²) in [4.78, 5) is 0. The second-order valence-corrected chi connectivity index (χ2v) is 5.15. The molecule has 108 valence electrons. The van der Waals surface area contributed by atoms with Gasteiger partial charge in [-0.3, -0.25) is 10.00 Å². The van der Waals surface area contributed by atoms with Crippen LogP contribution in [0.4, 0.5) is 0 Å². The summed E-state index contributed by atoms with van der Waals surface area (Å²) < 4.78 is 7.53. The molecular formula is C17H19N3O. The van der Waals surface area contributed by atoms with Crippen molar-refractivity contribution in [3.05, 3.63) is 78.5 Å². The van der Waals surface area contributed by atoms with Crippen molar-refractivity contribution >= 4 is 0 Å². The number of nitrogens with zero attached hydrogens (tertiary/aromatic N) is 2. The highest BCUT2D eigenvalue weighted by atomic mass is 16.3. The van der Waals surface area contributed by atoms with E-state index in [2.05, 4.69) is 29.5 Å². The van der Waals surface area contributed by atoms with Crippen molar-refractivity contribution in [1.29, 1.82) is 0 Å². The van der Waals surface area contributed by atoms with Crippen molar-refractivity contribution in [2.45, 2.75) is 25.6 Å². The third-order valence-corrected chi connectivity index (χ3v) is 3.43. The number of nitrogens with one attached hydrogen (secondary N) is 1. The molecule has 2 aromatic heterocycles. The van der Waals surface area contributed by atoms with Crippen LogP contribution in [-0.2, 0) is 6.54 Å². The van der Waals surface area contributed by atoms with Gasteiger partial charge in [0, 0.05) is 18.4 Å². The Labute approximate surface area is 124 Å². The summed E-state index contributed by atoms with van der Waals surface area (Å²) in [5, 5.41) is 7.87. The maximum absolute atomic E-state index is 5.60. The number of furan rings is 1. The molecule has 3 aromatic rings. The highest BCUT2D eigenvalue weighted by Gasteiger charge is 2.19. The second kappa shape index (κ2) is 6.41. The molecule has 2 atom stereocenters. The van der Waals surface area contributed by atoms with E-state index >= 15 is 0 Å². The van der Waals surface area contributed by atoms with Gasteiger partial charge in [-0.2, -0.15) is 5.10 Å². The first-order valence-electron chi connectivity index (χ1n) is 7.15. The SMILES string of the molecule is CC(Cn1cccn1)NC(c1ccccc1)c1ccco1. The monoisotopic (exact) mass is 281 g/mol. The number of rotatable bonds is 6. The van der Waals surface area contributed by atoms with Gasteiger partial charge >= 0.3 is 0 Å². The van der Waals surface area contributed by atoms with Gasteiger partial charge in [0.1, 0.15) is 5.76 Å². The van der Waals surface area contributed by atoms with E-state index in [1.165, 1.54) is 5.56 Å². The van der Waals surface area contributed by atoms with E-state index in [4.69, 9.17) is 4.42 Å². The minimum Gasteiger partial charge on any atom is -0.467 e. The molecule has 3 rings (SSSR count). The summed E-state index contributed by atoms with van der Waals surface area (Å²) >= 11 is 0. The fourth-order valence-corrected chi connectivity index (χ4v) is 2.47. The van der Waals surface area contributed by atoms with E-state index in [1.54, 1.807) is 12.5 Å². The summed E-state index contributed by atoms with van der Waals surface area (Å²) in [6.07, 6.45) is 5.49. The van der Waals surface area contributed by atoms with Gasteiger partial charge in [-0.05, 0) is 30.7 Å². The smallest absolute Gasteiger partial charge is 0.125 e. The van der Waals surface area contributed by atoms with Crippen LogP contribution in [0, 0.1) is 0 Å². The van der Waals surface area contributed by atoms with Crippen molar-refractivity contribution in [1.82, 2.24) is 15.1 Å². The fraction of sp³-hybridized carbons (Fsp3) is 0.235. The van der Waals surface area contributed by atoms with Crippen LogP contribution in [0.1, 0.15) is 24.3 Å². The lowest BCUT2D eigenvalue weighted by molar-refractivity contribution is 0.382. The van der Waals surface area contributed by atoms with Crippen LogP contribution in [0.25, 0.3) is 0 Å². The van der Waals surface area contributed by atoms with E-state index in [0.717, 1.165) is 12.3 Å². The Morgan fingerprint density at radius 3 is 2.67 bits per heavy atom. The molecule has 0 saturated carbocycles. The van der Waals surface area contributed by atoms with Gasteiger partial charge in [0.2, 0.25) is 0 Å². The molecule has 0 aliphatic carbocycles. The van der Waals surface area contributed by atoms with E-state index < -0.39 is 0 Å². The molecule has 1 aromatic carbocycles. The molecule has 0 amide bonds. The molecule has 0 saturated heterocycles.